The van der Waals surface area contributed by atoms with Crippen LogP contribution in [-0.4, -0.2) is 42.1 Å². The Labute approximate surface area is 165 Å². The molecule has 1 amide bonds. The number of hydrogen-bond donors (Lipinski definition) is 0. The Morgan fingerprint density at radius 1 is 0.821 bits per heavy atom. The summed E-state index contributed by atoms with van der Waals surface area (Å²) in [6.07, 6.45) is 4.83. The summed E-state index contributed by atoms with van der Waals surface area (Å²) in [6.45, 7) is 0.907. The molecule has 2 aromatic carbocycles. The van der Waals surface area contributed by atoms with Gasteiger partial charge in [-0.3, -0.25) is 4.79 Å². The maximum Gasteiger partial charge on any atom is 0.253 e. The highest BCUT2D eigenvalue weighted by Gasteiger charge is 2.32. The van der Waals surface area contributed by atoms with Gasteiger partial charge >= 0.3 is 0 Å². The van der Waals surface area contributed by atoms with Crippen LogP contribution in [-0.2, 0) is 9.84 Å². The predicted octanol–water partition coefficient (Wildman–Crippen LogP) is 3.56. The second kappa shape index (κ2) is 7.64. The average Bonchev–Trinajstić information content (AvgIpc) is 3.29. The Hall–Kier alpha value is -2.86. The summed E-state index contributed by atoms with van der Waals surface area (Å²) in [4.78, 5) is 14.9. The van der Waals surface area contributed by atoms with Gasteiger partial charge in [0, 0.05) is 36.7 Å². The van der Waals surface area contributed by atoms with Gasteiger partial charge in [0.05, 0.1) is 10.1 Å². The van der Waals surface area contributed by atoms with E-state index in [9.17, 15) is 13.2 Å². The van der Waals surface area contributed by atoms with Crippen LogP contribution in [0.1, 0.15) is 23.2 Å². The highest BCUT2D eigenvalue weighted by Crippen LogP contribution is 2.25. The molecule has 1 aromatic heterocycles. The molecule has 4 rings (SSSR count). The number of rotatable bonds is 4. The van der Waals surface area contributed by atoms with Gasteiger partial charge < -0.3 is 9.47 Å². The number of aromatic nitrogens is 1. The summed E-state index contributed by atoms with van der Waals surface area (Å²) in [7, 11) is -3.35. The lowest BCUT2D eigenvalue weighted by Crippen LogP contribution is -2.42. The van der Waals surface area contributed by atoms with Crippen molar-refractivity contribution in [2.75, 3.05) is 13.1 Å². The van der Waals surface area contributed by atoms with E-state index in [1.807, 2.05) is 59.4 Å². The van der Waals surface area contributed by atoms with Crippen molar-refractivity contribution in [3.8, 4) is 5.69 Å². The Bertz CT molecular complexity index is 1030. The molecule has 0 saturated carbocycles. The first-order valence-electron chi connectivity index (χ1n) is 9.37. The van der Waals surface area contributed by atoms with Gasteiger partial charge in [-0.05, 0) is 61.4 Å². The SMILES string of the molecule is O=C(c1ccc(-n2cccc2)cc1)N1CCC(S(=O)(=O)c2ccccc2)CC1. The molecule has 28 heavy (non-hydrogen) atoms. The molecule has 0 atom stereocenters. The van der Waals surface area contributed by atoms with Gasteiger partial charge in [-0.25, -0.2) is 8.42 Å². The van der Waals surface area contributed by atoms with Crippen molar-refractivity contribution in [3.63, 3.8) is 0 Å². The average molecular weight is 394 g/mol. The smallest absolute Gasteiger partial charge is 0.253 e. The van der Waals surface area contributed by atoms with Crippen LogP contribution in [0, 0.1) is 0 Å². The fourth-order valence-electron chi connectivity index (χ4n) is 3.64. The second-order valence-electron chi connectivity index (χ2n) is 6.99. The number of hydrogen-bond acceptors (Lipinski definition) is 3. The van der Waals surface area contributed by atoms with E-state index in [0.29, 0.717) is 36.4 Å². The molecule has 0 spiro atoms. The molecule has 0 radical (unpaired) electrons. The summed E-state index contributed by atoms with van der Waals surface area (Å²) in [5.41, 5.74) is 1.62. The highest BCUT2D eigenvalue weighted by molar-refractivity contribution is 7.92. The van der Waals surface area contributed by atoms with Gasteiger partial charge in [0.15, 0.2) is 9.84 Å². The lowest BCUT2D eigenvalue weighted by atomic mass is 10.1. The van der Waals surface area contributed by atoms with Gasteiger partial charge in [0.25, 0.3) is 5.91 Å². The van der Waals surface area contributed by atoms with Crippen LogP contribution < -0.4 is 0 Å². The summed E-state index contributed by atoms with van der Waals surface area (Å²) >= 11 is 0. The Morgan fingerprint density at radius 3 is 2.04 bits per heavy atom. The zero-order valence-corrected chi connectivity index (χ0v) is 16.3. The zero-order chi connectivity index (χ0) is 19.6. The van der Waals surface area contributed by atoms with E-state index >= 15 is 0 Å². The van der Waals surface area contributed by atoms with Gasteiger partial charge in [0.2, 0.25) is 0 Å². The largest absolute Gasteiger partial charge is 0.339 e. The molecular formula is C22H22N2O3S. The normalized spacial score (nSPS) is 15.5. The van der Waals surface area contributed by atoms with E-state index in [1.165, 1.54) is 0 Å². The van der Waals surface area contributed by atoms with Gasteiger partial charge in [-0.1, -0.05) is 18.2 Å². The van der Waals surface area contributed by atoms with Gasteiger partial charge in [0.1, 0.15) is 0 Å². The molecule has 3 aromatic rings. The van der Waals surface area contributed by atoms with E-state index in [1.54, 1.807) is 29.2 Å². The molecule has 0 aliphatic carbocycles. The lowest BCUT2D eigenvalue weighted by Gasteiger charge is -2.31. The van der Waals surface area contributed by atoms with Crippen molar-refractivity contribution in [3.05, 3.63) is 84.7 Å². The van der Waals surface area contributed by atoms with Crippen molar-refractivity contribution in [1.82, 2.24) is 9.47 Å². The molecular weight excluding hydrogens is 372 g/mol. The third-order valence-corrected chi connectivity index (χ3v) is 7.53. The standard InChI is InChI=1S/C22H22N2O3S/c25-22(18-8-10-19(11-9-18)23-14-4-5-15-23)24-16-12-21(13-17-24)28(26,27)20-6-2-1-3-7-20/h1-11,14-15,21H,12-13,16-17H2. The van der Waals surface area contributed by atoms with Gasteiger partial charge in [-0.15, -0.1) is 0 Å². The minimum absolute atomic E-state index is 0.0467. The topological polar surface area (TPSA) is 59.4 Å². The molecule has 1 aliphatic heterocycles. The first kappa shape index (κ1) is 18.5. The molecule has 1 aliphatic rings. The second-order valence-corrected chi connectivity index (χ2v) is 9.21. The van der Waals surface area contributed by atoms with E-state index in [4.69, 9.17) is 0 Å². The molecule has 1 fully saturated rings. The maximum absolute atomic E-state index is 12.8. The number of benzene rings is 2. The zero-order valence-electron chi connectivity index (χ0n) is 15.4. The van der Waals surface area contributed by atoms with Gasteiger partial charge in [-0.2, -0.15) is 0 Å². The van der Waals surface area contributed by atoms with Crippen molar-refractivity contribution in [1.29, 1.82) is 0 Å². The quantitative estimate of drug-likeness (QED) is 0.680. The molecule has 0 N–H and O–H groups in total. The summed E-state index contributed by atoms with van der Waals surface area (Å²) in [5.74, 6) is -0.0467. The van der Waals surface area contributed by atoms with Crippen LogP contribution in [0.4, 0.5) is 0 Å². The molecule has 144 valence electrons. The molecule has 5 nitrogen and oxygen atoms in total. The molecule has 0 unspecified atom stereocenters. The van der Waals surface area contributed by atoms with Crippen LogP contribution in [0.15, 0.2) is 84.0 Å². The van der Waals surface area contributed by atoms with Crippen molar-refractivity contribution >= 4 is 15.7 Å². The van der Waals surface area contributed by atoms with E-state index in [0.717, 1.165) is 5.69 Å². The van der Waals surface area contributed by atoms with Crippen LogP contribution in [0.25, 0.3) is 5.69 Å². The summed E-state index contributed by atoms with van der Waals surface area (Å²) in [6, 6.07) is 19.9. The van der Waals surface area contributed by atoms with E-state index in [2.05, 4.69) is 0 Å². The number of carbonyl (C=O) groups is 1. The summed E-state index contributed by atoms with van der Waals surface area (Å²) in [5, 5.41) is -0.435. The molecule has 1 saturated heterocycles. The van der Waals surface area contributed by atoms with Crippen LogP contribution in [0.3, 0.4) is 0 Å². The number of nitrogens with zero attached hydrogens (tertiary/aromatic N) is 2. The predicted molar refractivity (Wildman–Crippen MR) is 108 cm³/mol. The minimum Gasteiger partial charge on any atom is -0.339 e. The fourth-order valence-corrected chi connectivity index (χ4v) is 5.39. The first-order chi connectivity index (χ1) is 13.6. The number of likely N-dealkylation sites (tertiary alicyclic amines) is 1. The lowest BCUT2D eigenvalue weighted by molar-refractivity contribution is 0.0725. The van der Waals surface area contributed by atoms with Crippen LogP contribution in [0.2, 0.25) is 0 Å². The number of amides is 1. The number of carbonyl (C=O) groups excluding carboxylic acids is 1. The number of piperidine rings is 1. The van der Waals surface area contributed by atoms with E-state index in [-0.39, 0.29) is 5.91 Å². The third kappa shape index (κ3) is 3.60. The van der Waals surface area contributed by atoms with Crippen molar-refractivity contribution in [2.45, 2.75) is 23.0 Å². The fraction of sp³-hybridized carbons (Fsp3) is 0.227. The summed E-state index contributed by atoms with van der Waals surface area (Å²) < 4.78 is 27.5. The van der Waals surface area contributed by atoms with E-state index < -0.39 is 15.1 Å². The first-order valence-corrected chi connectivity index (χ1v) is 10.9. The highest BCUT2D eigenvalue weighted by atomic mass is 32.2. The minimum atomic E-state index is -3.35. The Morgan fingerprint density at radius 2 is 1.43 bits per heavy atom. The van der Waals surface area contributed by atoms with Crippen molar-refractivity contribution < 1.29 is 13.2 Å². The van der Waals surface area contributed by atoms with Crippen molar-refractivity contribution in [2.24, 2.45) is 0 Å². The Balaban J connectivity index is 1.41. The molecule has 6 heteroatoms. The number of sulfone groups is 1. The van der Waals surface area contributed by atoms with Crippen LogP contribution in [0.5, 0.6) is 0 Å². The third-order valence-electron chi connectivity index (χ3n) is 5.26. The Kier molecular flexibility index (Phi) is 5.05. The monoisotopic (exact) mass is 394 g/mol. The molecule has 0 bridgehead atoms. The van der Waals surface area contributed by atoms with Crippen LogP contribution >= 0.6 is 0 Å². The molecule has 2 heterocycles. The maximum atomic E-state index is 12.8.